The highest BCUT2D eigenvalue weighted by Gasteiger charge is 2.43. The van der Waals surface area contributed by atoms with Crippen molar-refractivity contribution >= 4 is 23.2 Å². The van der Waals surface area contributed by atoms with E-state index in [-0.39, 0.29) is 23.5 Å². The third-order valence-corrected chi connectivity index (χ3v) is 6.06. The lowest BCUT2D eigenvalue weighted by molar-refractivity contribution is -0.119. The highest BCUT2D eigenvalue weighted by atomic mass is 16.2. The molecule has 3 atom stereocenters. The molecule has 2 aliphatic rings. The molecule has 0 radical (unpaired) electrons. The molecule has 1 aliphatic heterocycles. The lowest BCUT2D eigenvalue weighted by Gasteiger charge is -2.36. The van der Waals surface area contributed by atoms with Crippen molar-refractivity contribution in [3.63, 3.8) is 0 Å². The number of ketones is 1. The number of nitrogens with zero attached hydrogens (tertiary/aromatic N) is 2. The number of carbonyl (C=O) groups is 2. The fraction of sp³-hybridized carbons (Fsp3) is 0.360. The van der Waals surface area contributed by atoms with Crippen LogP contribution in [-0.2, 0) is 9.59 Å². The molecule has 1 amide bonds. The minimum atomic E-state index is -0.551. The number of Topliss-reactive ketones (excluding diaryl/α,β-unsaturated/α-hetero) is 1. The Hall–Kier alpha value is -3.08. The number of carbonyl (C=O) groups excluding carboxylic acids is 2. The number of aryl methyl sites for hydroxylation is 2. The Morgan fingerprint density at radius 1 is 1.07 bits per heavy atom. The van der Waals surface area contributed by atoms with Gasteiger partial charge in [-0.3, -0.25) is 14.6 Å². The quantitative estimate of drug-likeness (QED) is 0.806. The lowest BCUT2D eigenvalue weighted by Crippen LogP contribution is -2.40. The first-order valence-electron chi connectivity index (χ1n) is 10.5. The van der Waals surface area contributed by atoms with Gasteiger partial charge in [-0.25, -0.2) is 4.98 Å². The van der Waals surface area contributed by atoms with Crippen LogP contribution in [0.3, 0.4) is 0 Å². The second kappa shape index (κ2) is 7.98. The van der Waals surface area contributed by atoms with E-state index < -0.39 is 5.92 Å². The van der Waals surface area contributed by atoms with Crippen molar-refractivity contribution in [3.8, 4) is 0 Å². The third kappa shape index (κ3) is 3.72. The molecule has 0 fully saturated rings. The van der Waals surface area contributed by atoms with E-state index in [9.17, 15) is 9.59 Å². The summed E-state index contributed by atoms with van der Waals surface area (Å²) in [6, 6.07) is 11.7. The molecule has 0 spiro atoms. The van der Waals surface area contributed by atoms with E-state index >= 15 is 0 Å². The van der Waals surface area contributed by atoms with E-state index in [1.54, 1.807) is 12.3 Å². The van der Waals surface area contributed by atoms with Crippen LogP contribution in [0.2, 0.25) is 0 Å². The molecule has 30 heavy (non-hydrogen) atoms. The molecule has 0 saturated heterocycles. The molecular weight excluding hydrogens is 374 g/mol. The molecule has 0 saturated carbocycles. The van der Waals surface area contributed by atoms with E-state index in [0.717, 1.165) is 34.5 Å². The standard InChI is InChI=1S/C25H27N3O2/c1-14-9-10-21(26-13-14)28-25(30)22-17(4)27-19-11-15(2)12-20(29)24(19)23(22)18-8-6-5-7-16(18)3/h5-10,13,15,22-23H,11-12H2,1-4H3,(H,26,28,30)/t15-,22?,23-/m1/s1. The molecule has 0 bridgehead atoms. The number of allylic oxidation sites excluding steroid dienone is 2. The van der Waals surface area contributed by atoms with Crippen LogP contribution in [0, 0.1) is 25.7 Å². The molecular formula is C25H27N3O2. The summed E-state index contributed by atoms with van der Waals surface area (Å²) in [5.74, 6) is -0.175. The number of pyridine rings is 1. The van der Waals surface area contributed by atoms with Gasteiger partial charge >= 0.3 is 0 Å². The number of rotatable bonds is 3. The maximum Gasteiger partial charge on any atom is 0.235 e. The average Bonchev–Trinajstić information content (AvgIpc) is 2.68. The topological polar surface area (TPSA) is 71.4 Å². The van der Waals surface area contributed by atoms with Gasteiger partial charge in [0.05, 0.1) is 5.92 Å². The number of hydrogen-bond acceptors (Lipinski definition) is 4. The van der Waals surface area contributed by atoms with Crippen LogP contribution in [0.5, 0.6) is 0 Å². The summed E-state index contributed by atoms with van der Waals surface area (Å²) in [6.45, 7) is 7.96. The first-order chi connectivity index (χ1) is 14.3. The minimum absolute atomic E-state index is 0.111. The van der Waals surface area contributed by atoms with Gasteiger partial charge in [0.15, 0.2) is 5.78 Å². The fourth-order valence-corrected chi connectivity index (χ4v) is 4.61. The number of hydrogen-bond donors (Lipinski definition) is 1. The summed E-state index contributed by atoms with van der Waals surface area (Å²) in [4.78, 5) is 35.6. The molecule has 4 rings (SSSR count). The van der Waals surface area contributed by atoms with Gasteiger partial charge in [-0.15, -0.1) is 0 Å². The Kier molecular flexibility index (Phi) is 5.37. The largest absolute Gasteiger partial charge is 0.310 e. The van der Waals surface area contributed by atoms with E-state index in [2.05, 4.69) is 17.2 Å². The third-order valence-electron chi connectivity index (χ3n) is 6.06. The maximum atomic E-state index is 13.4. The molecule has 2 heterocycles. The van der Waals surface area contributed by atoms with E-state index in [1.807, 2.05) is 51.1 Å². The van der Waals surface area contributed by atoms with Crippen molar-refractivity contribution in [1.82, 2.24) is 4.98 Å². The molecule has 5 nitrogen and oxygen atoms in total. The zero-order valence-corrected chi connectivity index (χ0v) is 17.9. The number of benzene rings is 1. The summed E-state index contributed by atoms with van der Waals surface area (Å²) in [5, 5.41) is 2.94. The fourth-order valence-electron chi connectivity index (χ4n) is 4.61. The van der Waals surface area contributed by atoms with Gasteiger partial charge < -0.3 is 5.32 Å². The molecule has 1 unspecified atom stereocenters. The zero-order valence-electron chi connectivity index (χ0n) is 17.9. The molecule has 5 heteroatoms. The summed E-state index contributed by atoms with van der Waals surface area (Å²) in [7, 11) is 0. The van der Waals surface area contributed by atoms with Crippen molar-refractivity contribution in [3.05, 3.63) is 70.6 Å². The zero-order chi connectivity index (χ0) is 21.4. The predicted octanol–water partition coefficient (Wildman–Crippen LogP) is 4.76. The SMILES string of the molecule is CC1=NC2=C(C(=O)C[C@H](C)C2)[C@H](c2ccccc2C)C1C(=O)Nc1ccc(C)cn1. The number of aromatic nitrogens is 1. The number of anilines is 1. The number of amides is 1. The number of aliphatic imine (C=N–C) groups is 1. The highest BCUT2D eigenvalue weighted by molar-refractivity contribution is 6.13. The van der Waals surface area contributed by atoms with Crippen molar-refractivity contribution in [2.75, 3.05) is 5.32 Å². The van der Waals surface area contributed by atoms with Crippen molar-refractivity contribution < 1.29 is 9.59 Å². The van der Waals surface area contributed by atoms with Gasteiger partial charge in [-0.1, -0.05) is 37.3 Å². The Morgan fingerprint density at radius 3 is 2.53 bits per heavy atom. The van der Waals surface area contributed by atoms with Gasteiger partial charge in [0.1, 0.15) is 5.82 Å². The Balaban J connectivity index is 1.79. The molecule has 1 N–H and O–H groups in total. The van der Waals surface area contributed by atoms with Gasteiger partial charge in [0.25, 0.3) is 0 Å². The summed E-state index contributed by atoms with van der Waals surface area (Å²) >= 11 is 0. The molecule has 1 aliphatic carbocycles. The molecule has 1 aromatic carbocycles. The Morgan fingerprint density at radius 2 is 1.83 bits per heavy atom. The molecule has 1 aromatic heterocycles. The number of nitrogens with one attached hydrogen (secondary N) is 1. The first kappa shape index (κ1) is 20.2. The van der Waals surface area contributed by atoms with Crippen LogP contribution in [0.1, 0.15) is 49.3 Å². The molecule has 154 valence electrons. The van der Waals surface area contributed by atoms with E-state index in [1.165, 1.54) is 0 Å². The Bertz CT molecular complexity index is 1070. The predicted molar refractivity (Wildman–Crippen MR) is 119 cm³/mol. The van der Waals surface area contributed by atoms with Gasteiger partial charge in [0.2, 0.25) is 5.91 Å². The second-order valence-electron chi connectivity index (χ2n) is 8.57. The van der Waals surface area contributed by atoms with Gasteiger partial charge in [0, 0.05) is 35.5 Å². The smallest absolute Gasteiger partial charge is 0.235 e. The summed E-state index contributed by atoms with van der Waals surface area (Å²) < 4.78 is 0. The molecule has 2 aromatic rings. The van der Waals surface area contributed by atoms with Crippen LogP contribution in [-0.4, -0.2) is 22.4 Å². The van der Waals surface area contributed by atoms with Crippen LogP contribution < -0.4 is 5.32 Å². The lowest BCUT2D eigenvalue weighted by atomic mass is 9.69. The Labute approximate surface area is 177 Å². The van der Waals surface area contributed by atoms with Gasteiger partial charge in [-0.2, -0.15) is 0 Å². The van der Waals surface area contributed by atoms with Crippen molar-refractivity contribution in [2.24, 2.45) is 16.8 Å². The van der Waals surface area contributed by atoms with Crippen molar-refractivity contribution in [2.45, 2.75) is 46.5 Å². The van der Waals surface area contributed by atoms with E-state index in [4.69, 9.17) is 4.99 Å². The monoisotopic (exact) mass is 401 g/mol. The minimum Gasteiger partial charge on any atom is -0.310 e. The van der Waals surface area contributed by atoms with Crippen LogP contribution >= 0.6 is 0 Å². The van der Waals surface area contributed by atoms with Crippen LogP contribution in [0.25, 0.3) is 0 Å². The van der Waals surface area contributed by atoms with Crippen LogP contribution in [0.4, 0.5) is 5.82 Å². The van der Waals surface area contributed by atoms with Gasteiger partial charge in [-0.05, 0) is 55.9 Å². The van der Waals surface area contributed by atoms with E-state index in [0.29, 0.717) is 17.8 Å². The summed E-state index contributed by atoms with van der Waals surface area (Å²) in [5.41, 5.74) is 5.42. The van der Waals surface area contributed by atoms with Crippen molar-refractivity contribution in [1.29, 1.82) is 0 Å². The first-order valence-corrected chi connectivity index (χ1v) is 10.5. The average molecular weight is 402 g/mol. The normalized spacial score (nSPS) is 23.7. The van der Waals surface area contributed by atoms with Crippen LogP contribution in [0.15, 0.2) is 58.9 Å². The highest BCUT2D eigenvalue weighted by Crippen LogP contribution is 2.45. The second-order valence-corrected chi connectivity index (χ2v) is 8.57. The summed E-state index contributed by atoms with van der Waals surface area (Å²) in [6.07, 6.45) is 3.00. The maximum absolute atomic E-state index is 13.4.